The highest BCUT2D eigenvalue weighted by molar-refractivity contribution is 6.31. The highest BCUT2D eigenvalue weighted by atomic mass is 35.5. The van der Waals surface area contributed by atoms with Gasteiger partial charge in [-0.3, -0.25) is 0 Å². The van der Waals surface area contributed by atoms with Gasteiger partial charge in [0, 0.05) is 12.7 Å². The summed E-state index contributed by atoms with van der Waals surface area (Å²) >= 11 is 5.97. The van der Waals surface area contributed by atoms with Gasteiger partial charge in [0.05, 0.1) is 5.69 Å². The van der Waals surface area contributed by atoms with E-state index < -0.39 is 0 Å². The quantitative estimate of drug-likeness (QED) is 0.799. The minimum atomic E-state index is 0.575. The molecule has 16 heavy (non-hydrogen) atoms. The van der Waals surface area contributed by atoms with Crippen molar-refractivity contribution >= 4 is 17.3 Å². The molecule has 1 heterocycles. The molecule has 2 nitrogen and oxygen atoms in total. The van der Waals surface area contributed by atoms with Crippen molar-refractivity contribution in [2.75, 3.05) is 11.9 Å². The second-order valence-electron chi connectivity index (χ2n) is 4.56. The summed E-state index contributed by atoms with van der Waals surface area (Å²) in [6, 6.07) is 3.89. The van der Waals surface area contributed by atoms with Gasteiger partial charge in [-0.15, -0.1) is 0 Å². The van der Waals surface area contributed by atoms with Crippen LogP contribution in [-0.2, 0) is 0 Å². The van der Waals surface area contributed by atoms with E-state index in [-0.39, 0.29) is 0 Å². The highest BCUT2D eigenvalue weighted by Crippen LogP contribution is 2.26. The zero-order chi connectivity index (χ0) is 11.2. The van der Waals surface area contributed by atoms with Crippen LogP contribution in [0, 0.1) is 5.92 Å². The first kappa shape index (κ1) is 11.7. The molecule has 1 aromatic rings. The Balaban J connectivity index is 1.73. The molecule has 0 amide bonds. The van der Waals surface area contributed by atoms with E-state index in [1.165, 1.54) is 38.5 Å². The summed E-state index contributed by atoms with van der Waals surface area (Å²) in [5, 5.41) is 3.94. The Bertz CT molecular complexity index is 321. The van der Waals surface area contributed by atoms with E-state index in [1.54, 1.807) is 6.20 Å². The van der Waals surface area contributed by atoms with Crippen LogP contribution in [0.2, 0.25) is 5.15 Å². The van der Waals surface area contributed by atoms with Gasteiger partial charge in [-0.25, -0.2) is 4.98 Å². The Morgan fingerprint density at radius 2 is 2.12 bits per heavy atom. The predicted octanol–water partition coefficient (Wildman–Crippen LogP) is 4.12. The Morgan fingerprint density at radius 3 is 2.88 bits per heavy atom. The lowest BCUT2D eigenvalue weighted by molar-refractivity contribution is 0.345. The van der Waals surface area contributed by atoms with Crippen LogP contribution in [0.3, 0.4) is 0 Å². The van der Waals surface area contributed by atoms with Crippen molar-refractivity contribution in [3.63, 3.8) is 0 Å². The molecule has 0 radical (unpaired) electrons. The molecule has 2 rings (SSSR count). The zero-order valence-corrected chi connectivity index (χ0v) is 10.3. The first-order valence-corrected chi connectivity index (χ1v) is 6.58. The van der Waals surface area contributed by atoms with E-state index >= 15 is 0 Å². The van der Waals surface area contributed by atoms with E-state index in [2.05, 4.69) is 10.3 Å². The van der Waals surface area contributed by atoms with Gasteiger partial charge in [0.25, 0.3) is 0 Å². The molecular weight excluding hydrogens is 220 g/mol. The average molecular weight is 239 g/mol. The predicted molar refractivity (Wildman–Crippen MR) is 68.9 cm³/mol. The maximum absolute atomic E-state index is 5.97. The fourth-order valence-electron chi connectivity index (χ4n) is 2.40. The molecule has 0 saturated heterocycles. The minimum Gasteiger partial charge on any atom is -0.383 e. The molecule has 88 valence electrons. The smallest absolute Gasteiger partial charge is 0.152 e. The van der Waals surface area contributed by atoms with Gasteiger partial charge in [-0.05, 0) is 24.5 Å². The first-order chi connectivity index (χ1) is 7.86. The normalized spacial score (nSPS) is 17.3. The minimum absolute atomic E-state index is 0.575. The molecule has 3 heteroatoms. The monoisotopic (exact) mass is 238 g/mol. The third-order valence-electron chi connectivity index (χ3n) is 3.35. The van der Waals surface area contributed by atoms with E-state index in [1.807, 2.05) is 12.1 Å². The number of pyridine rings is 1. The molecule has 1 fully saturated rings. The van der Waals surface area contributed by atoms with E-state index in [0.29, 0.717) is 5.15 Å². The number of nitrogens with zero attached hydrogens (tertiary/aromatic N) is 1. The van der Waals surface area contributed by atoms with E-state index in [4.69, 9.17) is 11.6 Å². The Hall–Kier alpha value is -0.760. The third-order valence-corrected chi connectivity index (χ3v) is 3.65. The molecule has 0 unspecified atom stereocenters. The third kappa shape index (κ3) is 3.38. The second kappa shape index (κ2) is 6.09. The van der Waals surface area contributed by atoms with Crippen molar-refractivity contribution in [1.29, 1.82) is 0 Å². The number of hydrogen-bond acceptors (Lipinski definition) is 2. The summed E-state index contributed by atoms with van der Waals surface area (Å²) in [6.45, 7) is 1.01. The van der Waals surface area contributed by atoms with Gasteiger partial charge in [0.15, 0.2) is 5.15 Å². The van der Waals surface area contributed by atoms with E-state index in [9.17, 15) is 0 Å². The number of nitrogens with one attached hydrogen (secondary N) is 1. The van der Waals surface area contributed by atoms with Gasteiger partial charge >= 0.3 is 0 Å². The summed E-state index contributed by atoms with van der Waals surface area (Å²) in [5.41, 5.74) is 0.958. The Labute approximate surface area is 102 Å². The van der Waals surface area contributed by atoms with Crippen LogP contribution in [-0.4, -0.2) is 11.5 Å². The number of hydrogen-bond donors (Lipinski definition) is 1. The molecule has 1 aromatic heterocycles. The molecule has 0 spiro atoms. The number of halogens is 1. The van der Waals surface area contributed by atoms with Crippen molar-refractivity contribution < 1.29 is 0 Å². The van der Waals surface area contributed by atoms with E-state index in [0.717, 1.165) is 18.2 Å². The maximum atomic E-state index is 5.97. The molecule has 0 bridgehead atoms. The van der Waals surface area contributed by atoms with Crippen LogP contribution in [0.5, 0.6) is 0 Å². The fourth-order valence-corrected chi connectivity index (χ4v) is 2.59. The molecule has 0 atom stereocenters. The van der Waals surface area contributed by atoms with Crippen LogP contribution in [0.15, 0.2) is 18.3 Å². The summed E-state index contributed by atoms with van der Waals surface area (Å²) < 4.78 is 0. The first-order valence-electron chi connectivity index (χ1n) is 6.20. The zero-order valence-electron chi connectivity index (χ0n) is 9.58. The number of aromatic nitrogens is 1. The standard InChI is InChI=1S/C13H19ClN2/c14-13-12(7-4-9-16-13)15-10-8-11-5-2-1-3-6-11/h4,7,9,11,15H,1-3,5-6,8,10H2. The van der Waals surface area contributed by atoms with Crippen LogP contribution in [0.1, 0.15) is 38.5 Å². The van der Waals surface area contributed by atoms with Gasteiger partial charge in [-0.1, -0.05) is 43.7 Å². The Kier molecular flexibility index (Phi) is 4.46. The van der Waals surface area contributed by atoms with Gasteiger partial charge in [-0.2, -0.15) is 0 Å². The largest absolute Gasteiger partial charge is 0.383 e. The molecular formula is C13H19ClN2. The lowest BCUT2D eigenvalue weighted by atomic mass is 9.87. The van der Waals surface area contributed by atoms with Crippen molar-refractivity contribution in [2.45, 2.75) is 38.5 Å². The number of rotatable bonds is 4. The SMILES string of the molecule is Clc1ncccc1NCCC1CCCCC1. The summed E-state index contributed by atoms with van der Waals surface area (Å²) in [5.74, 6) is 0.914. The fraction of sp³-hybridized carbons (Fsp3) is 0.615. The molecule has 0 aromatic carbocycles. The van der Waals surface area contributed by atoms with Gasteiger partial charge in [0.2, 0.25) is 0 Å². The summed E-state index contributed by atoms with van der Waals surface area (Å²) in [6.07, 6.45) is 10.0. The second-order valence-corrected chi connectivity index (χ2v) is 4.92. The van der Waals surface area contributed by atoms with Crippen LogP contribution < -0.4 is 5.32 Å². The van der Waals surface area contributed by atoms with Crippen molar-refractivity contribution in [3.05, 3.63) is 23.5 Å². The van der Waals surface area contributed by atoms with Crippen LogP contribution in [0.4, 0.5) is 5.69 Å². The molecule has 1 N–H and O–H groups in total. The number of anilines is 1. The van der Waals surface area contributed by atoms with Crippen LogP contribution >= 0.6 is 11.6 Å². The Morgan fingerprint density at radius 1 is 1.31 bits per heavy atom. The molecule has 0 aliphatic heterocycles. The van der Waals surface area contributed by atoms with Crippen molar-refractivity contribution in [3.8, 4) is 0 Å². The molecule has 1 aliphatic rings. The average Bonchev–Trinajstić information content (AvgIpc) is 2.33. The van der Waals surface area contributed by atoms with Crippen molar-refractivity contribution in [1.82, 2.24) is 4.98 Å². The molecule has 1 aliphatic carbocycles. The van der Waals surface area contributed by atoms with Gasteiger partial charge in [0.1, 0.15) is 0 Å². The van der Waals surface area contributed by atoms with Crippen LogP contribution in [0.25, 0.3) is 0 Å². The molecule has 1 saturated carbocycles. The lowest BCUT2D eigenvalue weighted by Gasteiger charge is -2.21. The summed E-state index contributed by atoms with van der Waals surface area (Å²) in [7, 11) is 0. The maximum Gasteiger partial charge on any atom is 0.152 e. The van der Waals surface area contributed by atoms with Gasteiger partial charge < -0.3 is 5.32 Å². The highest BCUT2D eigenvalue weighted by Gasteiger charge is 2.12. The van der Waals surface area contributed by atoms with Crippen molar-refractivity contribution in [2.24, 2.45) is 5.92 Å². The summed E-state index contributed by atoms with van der Waals surface area (Å²) in [4.78, 5) is 4.05. The topological polar surface area (TPSA) is 24.9 Å². The lowest BCUT2D eigenvalue weighted by Crippen LogP contribution is -2.12.